The van der Waals surface area contributed by atoms with Crippen LogP contribution in [0.25, 0.3) is 0 Å². The number of carbonyl (C=O) groups is 2. The van der Waals surface area contributed by atoms with Gasteiger partial charge in [-0.2, -0.15) is 0 Å². The average Bonchev–Trinajstić information content (AvgIpc) is 2.56. The molecule has 1 aliphatic heterocycles. The van der Waals surface area contributed by atoms with Crippen LogP contribution in [-0.2, 0) is 16.0 Å². The Kier molecular flexibility index (Phi) is 6.70. The number of hydrogen-bond donors (Lipinski definition) is 1. The number of halogens is 2. The molecule has 1 N–H and O–H groups in total. The van der Waals surface area contributed by atoms with Crippen molar-refractivity contribution in [1.82, 2.24) is 10.2 Å². The van der Waals surface area contributed by atoms with Crippen LogP contribution in [0, 0.1) is 11.6 Å². The van der Waals surface area contributed by atoms with E-state index in [4.69, 9.17) is 0 Å². The predicted molar refractivity (Wildman–Crippen MR) is 87.3 cm³/mol. The average molecular weight is 338 g/mol. The maximum Gasteiger partial charge on any atom is 0.224 e. The molecule has 1 heterocycles. The Morgan fingerprint density at radius 2 is 2.04 bits per heavy atom. The summed E-state index contributed by atoms with van der Waals surface area (Å²) in [6.07, 6.45) is 3.67. The molecule has 1 saturated heterocycles. The number of piperidine rings is 1. The topological polar surface area (TPSA) is 49.4 Å². The molecule has 1 atom stereocenters. The Balaban J connectivity index is 1.69. The Morgan fingerprint density at radius 1 is 1.25 bits per heavy atom. The fraction of sp³-hybridized carbons (Fsp3) is 0.556. The molecule has 4 nitrogen and oxygen atoms in total. The van der Waals surface area contributed by atoms with Crippen LogP contribution < -0.4 is 5.32 Å². The fourth-order valence-corrected chi connectivity index (χ4v) is 2.99. The van der Waals surface area contributed by atoms with E-state index in [0.29, 0.717) is 0 Å². The van der Waals surface area contributed by atoms with Gasteiger partial charge in [-0.15, -0.1) is 0 Å². The van der Waals surface area contributed by atoms with E-state index in [1.165, 1.54) is 0 Å². The fourth-order valence-electron chi connectivity index (χ4n) is 2.99. The molecule has 0 spiro atoms. The lowest BCUT2D eigenvalue weighted by Crippen LogP contribution is -2.43. The normalized spacial score (nSPS) is 17.6. The molecule has 24 heavy (non-hydrogen) atoms. The van der Waals surface area contributed by atoms with Gasteiger partial charge in [0.15, 0.2) is 0 Å². The number of rotatable bonds is 6. The molecule has 0 bridgehead atoms. The number of carbonyl (C=O) groups excluding carboxylic acids is 2. The summed E-state index contributed by atoms with van der Waals surface area (Å²) in [5.74, 6) is -1.25. The van der Waals surface area contributed by atoms with Crippen molar-refractivity contribution in [1.29, 1.82) is 0 Å². The summed E-state index contributed by atoms with van der Waals surface area (Å²) in [5, 5.41) is 2.67. The lowest BCUT2D eigenvalue weighted by atomic mass is 10.0. The first-order valence-electron chi connectivity index (χ1n) is 8.47. The third kappa shape index (κ3) is 5.28. The van der Waals surface area contributed by atoms with Gasteiger partial charge < -0.3 is 10.2 Å². The second kappa shape index (κ2) is 8.76. The van der Waals surface area contributed by atoms with Crippen molar-refractivity contribution in [2.75, 3.05) is 13.1 Å². The first-order valence-corrected chi connectivity index (χ1v) is 8.47. The molecule has 6 heteroatoms. The SMILES string of the molecule is CC1CCCCN1C(=O)CCNC(=O)CCc1cc(F)ccc1F. The zero-order valence-electron chi connectivity index (χ0n) is 14.0. The lowest BCUT2D eigenvalue weighted by Gasteiger charge is -2.33. The largest absolute Gasteiger partial charge is 0.356 e. The standard InChI is InChI=1S/C18H24F2N2O2/c1-13-4-2-3-11-22(13)18(24)9-10-21-17(23)8-5-14-12-15(19)6-7-16(14)20/h6-7,12-13H,2-5,8-11H2,1H3,(H,21,23). The highest BCUT2D eigenvalue weighted by molar-refractivity contribution is 5.79. The minimum atomic E-state index is -0.520. The third-order valence-corrected chi connectivity index (χ3v) is 4.41. The van der Waals surface area contributed by atoms with Gasteiger partial charge in [0.1, 0.15) is 11.6 Å². The van der Waals surface area contributed by atoms with Gasteiger partial charge in [-0.1, -0.05) is 0 Å². The van der Waals surface area contributed by atoms with E-state index in [-0.39, 0.29) is 49.2 Å². The van der Waals surface area contributed by atoms with Crippen LogP contribution >= 0.6 is 0 Å². The second-order valence-electron chi connectivity index (χ2n) is 6.27. The predicted octanol–water partition coefficient (Wildman–Crippen LogP) is 2.80. The first kappa shape index (κ1) is 18.4. The van der Waals surface area contributed by atoms with Crippen molar-refractivity contribution in [3.8, 4) is 0 Å². The summed E-state index contributed by atoms with van der Waals surface area (Å²) in [5.41, 5.74) is 0.184. The highest BCUT2D eigenvalue weighted by Crippen LogP contribution is 2.17. The molecule has 0 aromatic heterocycles. The van der Waals surface area contributed by atoms with E-state index in [0.717, 1.165) is 44.0 Å². The van der Waals surface area contributed by atoms with E-state index in [1.54, 1.807) is 0 Å². The summed E-state index contributed by atoms with van der Waals surface area (Å²) in [6.45, 7) is 3.10. The van der Waals surface area contributed by atoms with E-state index in [2.05, 4.69) is 5.32 Å². The van der Waals surface area contributed by atoms with Gasteiger partial charge >= 0.3 is 0 Å². The van der Waals surface area contributed by atoms with Gasteiger partial charge in [-0.25, -0.2) is 8.78 Å². The van der Waals surface area contributed by atoms with Gasteiger partial charge in [0.2, 0.25) is 11.8 Å². The van der Waals surface area contributed by atoms with Gasteiger partial charge in [-0.3, -0.25) is 9.59 Å². The summed E-state index contributed by atoms with van der Waals surface area (Å²) >= 11 is 0. The van der Waals surface area contributed by atoms with E-state index >= 15 is 0 Å². The zero-order valence-corrected chi connectivity index (χ0v) is 14.0. The maximum atomic E-state index is 13.5. The smallest absolute Gasteiger partial charge is 0.224 e. The first-order chi connectivity index (χ1) is 11.5. The molecule has 1 unspecified atom stereocenters. The molecule has 2 rings (SSSR count). The number of benzene rings is 1. The zero-order chi connectivity index (χ0) is 17.5. The minimum absolute atomic E-state index is 0.0543. The third-order valence-electron chi connectivity index (χ3n) is 4.41. The van der Waals surface area contributed by atoms with Crippen LogP contribution in [0.2, 0.25) is 0 Å². The van der Waals surface area contributed by atoms with Crippen molar-refractivity contribution in [3.05, 3.63) is 35.4 Å². The quantitative estimate of drug-likeness (QED) is 0.867. The number of aryl methyl sites for hydroxylation is 1. The molecule has 0 aliphatic carbocycles. The van der Waals surface area contributed by atoms with E-state index in [1.807, 2.05) is 11.8 Å². The summed E-state index contributed by atoms with van der Waals surface area (Å²) in [4.78, 5) is 25.8. The second-order valence-corrected chi connectivity index (χ2v) is 6.27. The molecule has 0 radical (unpaired) electrons. The van der Waals surface area contributed by atoms with Gasteiger partial charge in [0.05, 0.1) is 0 Å². The monoisotopic (exact) mass is 338 g/mol. The molecule has 2 amide bonds. The molecular weight excluding hydrogens is 314 g/mol. The number of hydrogen-bond acceptors (Lipinski definition) is 2. The lowest BCUT2D eigenvalue weighted by molar-refractivity contribution is -0.134. The van der Waals surface area contributed by atoms with E-state index < -0.39 is 11.6 Å². The molecule has 1 aliphatic rings. The highest BCUT2D eigenvalue weighted by Gasteiger charge is 2.22. The number of likely N-dealkylation sites (tertiary alicyclic amines) is 1. The maximum absolute atomic E-state index is 13.5. The molecule has 1 fully saturated rings. The Labute approximate surface area is 141 Å². The van der Waals surface area contributed by atoms with Crippen LogP contribution in [0.4, 0.5) is 8.78 Å². The van der Waals surface area contributed by atoms with Crippen LogP contribution in [0.1, 0.15) is 44.6 Å². The Morgan fingerprint density at radius 3 is 2.79 bits per heavy atom. The summed E-state index contributed by atoms with van der Waals surface area (Å²) in [6, 6.07) is 3.47. The summed E-state index contributed by atoms with van der Waals surface area (Å²) in [7, 11) is 0. The Bertz CT molecular complexity index is 592. The van der Waals surface area contributed by atoms with Crippen LogP contribution in [-0.4, -0.2) is 35.8 Å². The van der Waals surface area contributed by atoms with Crippen LogP contribution in [0.15, 0.2) is 18.2 Å². The van der Waals surface area contributed by atoms with Crippen molar-refractivity contribution in [3.63, 3.8) is 0 Å². The highest BCUT2D eigenvalue weighted by atomic mass is 19.1. The molecule has 132 valence electrons. The van der Waals surface area contributed by atoms with Gasteiger partial charge in [-0.05, 0) is 56.4 Å². The Hall–Kier alpha value is -1.98. The van der Waals surface area contributed by atoms with Crippen LogP contribution in [0.3, 0.4) is 0 Å². The van der Waals surface area contributed by atoms with Crippen molar-refractivity contribution in [2.45, 2.75) is 51.5 Å². The molecular formula is C18H24F2N2O2. The molecule has 1 aromatic rings. The van der Waals surface area contributed by atoms with E-state index in [9.17, 15) is 18.4 Å². The summed E-state index contributed by atoms with van der Waals surface area (Å²) < 4.78 is 26.5. The van der Waals surface area contributed by atoms with Crippen molar-refractivity contribution < 1.29 is 18.4 Å². The van der Waals surface area contributed by atoms with Gasteiger partial charge in [0.25, 0.3) is 0 Å². The molecule has 1 aromatic carbocycles. The van der Waals surface area contributed by atoms with Gasteiger partial charge in [0, 0.05) is 32.0 Å². The van der Waals surface area contributed by atoms with Crippen molar-refractivity contribution >= 4 is 11.8 Å². The minimum Gasteiger partial charge on any atom is -0.356 e. The van der Waals surface area contributed by atoms with Crippen LogP contribution in [0.5, 0.6) is 0 Å². The number of nitrogens with one attached hydrogen (secondary N) is 1. The number of nitrogens with zero attached hydrogens (tertiary/aromatic N) is 1. The molecule has 0 saturated carbocycles. The van der Waals surface area contributed by atoms with Crippen molar-refractivity contribution in [2.24, 2.45) is 0 Å². The number of amides is 2.